The summed E-state index contributed by atoms with van der Waals surface area (Å²) in [5.74, 6) is -1.40. The standard InChI is InChI=1S/C16H11ClF3N7O/c17-8-2-1-4-27-11(8)6-10(25-27)13-12-9(21-7-22-12)3-5-26(13)15-24-23-14(28-15)16(18,19)20/h1-2,4,6-7,13H,3,5H2,(H,21,22)/t13-/m0/s1. The number of H-pyrrole nitrogens is 1. The highest BCUT2D eigenvalue weighted by molar-refractivity contribution is 6.33. The van der Waals surface area contributed by atoms with Crippen LogP contribution in [-0.4, -0.2) is 36.3 Å². The van der Waals surface area contributed by atoms with Crippen LogP contribution in [0.15, 0.2) is 35.1 Å². The Morgan fingerprint density at radius 2 is 2.14 bits per heavy atom. The molecular weight excluding hydrogens is 399 g/mol. The molecule has 1 aliphatic rings. The molecule has 28 heavy (non-hydrogen) atoms. The third kappa shape index (κ3) is 2.61. The number of aromatic nitrogens is 6. The van der Waals surface area contributed by atoms with Crippen LogP contribution in [0.3, 0.4) is 0 Å². The van der Waals surface area contributed by atoms with Crippen LogP contribution in [0.25, 0.3) is 5.52 Å². The maximum atomic E-state index is 12.9. The van der Waals surface area contributed by atoms with Crippen molar-refractivity contribution in [3.05, 3.63) is 58.7 Å². The van der Waals surface area contributed by atoms with E-state index in [4.69, 9.17) is 16.0 Å². The highest BCUT2D eigenvalue weighted by Crippen LogP contribution is 2.38. The number of nitrogens with zero attached hydrogens (tertiary/aromatic N) is 6. The number of anilines is 1. The number of hydrogen-bond donors (Lipinski definition) is 1. The Bertz CT molecular complexity index is 1160. The van der Waals surface area contributed by atoms with Crippen molar-refractivity contribution in [2.45, 2.75) is 18.6 Å². The molecule has 0 spiro atoms. The van der Waals surface area contributed by atoms with E-state index in [1.165, 1.54) is 0 Å². The predicted molar refractivity (Wildman–Crippen MR) is 91.0 cm³/mol. The summed E-state index contributed by atoms with van der Waals surface area (Å²) in [7, 11) is 0. The quantitative estimate of drug-likeness (QED) is 0.546. The lowest BCUT2D eigenvalue weighted by atomic mass is 10.0. The molecule has 1 atom stereocenters. The summed E-state index contributed by atoms with van der Waals surface area (Å²) in [6, 6.07) is 4.40. The molecule has 5 heterocycles. The van der Waals surface area contributed by atoms with Crippen LogP contribution in [0, 0.1) is 0 Å². The molecule has 144 valence electrons. The van der Waals surface area contributed by atoms with Crippen molar-refractivity contribution in [1.29, 1.82) is 0 Å². The van der Waals surface area contributed by atoms with Gasteiger partial charge in [0.1, 0.15) is 6.04 Å². The second-order valence-corrected chi connectivity index (χ2v) is 6.66. The molecule has 0 fully saturated rings. The largest absolute Gasteiger partial charge is 0.470 e. The summed E-state index contributed by atoms with van der Waals surface area (Å²) in [5.41, 5.74) is 2.73. The van der Waals surface area contributed by atoms with E-state index in [0.29, 0.717) is 34.9 Å². The molecule has 0 saturated heterocycles. The minimum absolute atomic E-state index is 0.242. The van der Waals surface area contributed by atoms with E-state index in [1.807, 2.05) is 0 Å². The zero-order valence-electron chi connectivity index (χ0n) is 14.0. The van der Waals surface area contributed by atoms with Crippen molar-refractivity contribution in [1.82, 2.24) is 29.8 Å². The topological polar surface area (TPSA) is 88.1 Å². The van der Waals surface area contributed by atoms with Crippen LogP contribution in [0.2, 0.25) is 5.02 Å². The SMILES string of the molecule is FC(F)(F)c1nnc(N2CCc3[nH]cnc3[C@@H]2c2cc3c(Cl)cccn3n2)o1. The minimum Gasteiger partial charge on any atom is -0.399 e. The van der Waals surface area contributed by atoms with Gasteiger partial charge in [0.25, 0.3) is 0 Å². The Morgan fingerprint density at radius 3 is 2.89 bits per heavy atom. The first-order valence-electron chi connectivity index (χ1n) is 8.25. The average Bonchev–Trinajstić information content (AvgIpc) is 3.38. The number of pyridine rings is 1. The number of alkyl halides is 3. The van der Waals surface area contributed by atoms with Gasteiger partial charge in [-0.25, -0.2) is 9.50 Å². The van der Waals surface area contributed by atoms with E-state index >= 15 is 0 Å². The Balaban J connectivity index is 1.64. The molecule has 12 heteroatoms. The highest BCUT2D eigenvalue weighted by atomic mass is 35.5. The summed E-state index contributed by atoms with van der Waals surface area (Å²) in [5, 5.41) is 11.8. The maximum absolute atomic E-state index is 12.9. The van der Waals surface area contributed by atoms with E-state index in [2.05, 4.69) is 25.3 Å². The molecule has 0 bridgehead atoms. The number of halogens is 4. The number of imidazole rings is 1. The summed E-state index contributed by atoms with van der Waals surface area (Å²) in [4.78, 5) is 8.98. The fourth-order valence-electron chi connectivity index (χ4n) is 3.36. The monoisotopic (exact) mass is 409 g/mol. The van der Waals surface area contributed by atoms with Gasteiger partial charge in [-0.05, 0) is 18.2 Å². The summed E-state index contributed by atoms with van der Waals surface area (Å²) in [6.07, 6.45) is -0.912. The Hall–Kier alpha value is -3.08. The van der Waals surface area contributed by atoms with Gasteiger partial charge in [0, 0.05) is 24.9 Å². The molecule has 1 N–H and O–H groups in total. The molecule has 0 unspecified atom stereocenters. The smallest absolute Gasteiger partial charge is 0.399 e. The zero-order chi connectivity index (χ0) is 19.5. The Labute approximate surface area is 159 Å². The molecule has 8 nitrogen and oxygen atoms in total. The minimum atomic E-state index is -4.72. The van der Waals surface area contributed by atoms with Crippen LogP contribution in [0.5, 0.6) is 0 Å². The van der Waals surface area contributed by atoms with Crippen molar-refractivity contribution in [3.8, 4) is 0 Å². The van der Waals surface area contributed by atoms with Gasteiger partial charge in [-0.1, -0.05) is 16.7 Å². The molecule has 5 rings (SSSR count). The second kappa shape index (κ2) is 5.96. The predicted octanol–water partition coefficient (Wildman–Crippen LogP) is 3.26. The average molecular weight is 410 g/mol. The molecule has 4 aromatic rings. The van der Waals surface area contributed by atoms with Crippen molar-refractivity contribution in [2.24, 2.45) is 0 Å². The van der Waals surface area contributed by atoms with Crippen molar-refractivity contribution < 1.29 is 17.6 Å². The molecule has 0 amide bonds. The number of hydrogen-bond acceptors (Lipinski definition) is 6. The first-order valence-corrected chi connectivity index (χ1v) is 8.63. The highest BCUT2D eigenvalue weighted by Gasteiger charge is 2.41. The van der Waals surface area contributed by atoms with E-state index < -0.39 is 18.1 Å². The number of nitrogens with one attached hydrogen (secondary N) is 1. The van der Waals surface area contributed by atoms with E-state index in [-0.39, 0.29) is 6.01 Å². The Morgan fingerprint density at radius 1 is 1.29 bits per heavy atom. The number of rotatable bonds is 2. The molecule has 0 radical (unpaired) electrons. The van der Waals surface area contributed by atoms with Crippen LogP contribution < -0.4 is 4.90 Å². The van der Waals surface area contributed by atoms with Crippen molar-refractivity contribution in [2.75, 3.05) is 11.4 Å². The lowest BCUT2D eigenvalue weighted by Gasteiger charge is -2.32. The molecule has 1 aliphatic heterocycles. The van der Waals surface area contributed by atoms with E-state index in [0.717, 1.165) is 5.69 Å². The van der Waals surface area contributed by atoms with Crippen molar-refractivity contribution >= 4 is 23.1 Å². The van der Waals surface area contributed by atoms with Gasteiger partial charge in [0.05, 0.1) is 28.3 Å². The van der Waals surface area contributed by atoms with Gasteiger partial charge in [0.15, 0.2) is 0 Å². The van der Waals surface area contributed by atoms with Gasteiger partial charge in [-0.3, -0.25) is 0 Å². The molecular formula is C16H11ClF3N7O. The number of fused-ring (bicyclic) bond motifs is 2. The maximum Gasteiger partial charge on any atom is 0.470 e. The first-order chi connectivity index (χ1) is 13.4. The van der Waals surface area contributed by atoms with Gasteiger partial charge in [0.2, 0.25) is 0 Å². The third-order valence-electron chi connectivity index (χ3n) is 4.58. The van der Waals surface area contributed by atoms with Gasteiger partial charge in [-0.2, -0.15) is 18.3 Å². The lowest BCUT2D eigenvalue weighted by Crippen LogP contribution is -2.37. The van der Waals surface area contributed by atoms with Crippen LogP contribution in [0.1, 0.15) is 29.0 Å². The third-order valence-corrected chi connectivity index (χ3v) is 4.90. The summed E-state index contributed by atoms with van der Waals surface area (Å²) < 4.78 is 45.2. The summed E-state index contributed by atoms with van der Waals surface area (Å²) >= 11 is 6.23. The number of aromatic amines is 1. The van der Waals surface area contributed by atoms with Crippen LogP contribution in [-0.2, 0) is 12.6 Å². The van der Waals surface area contributed by atoms with Crippen LogP contribution >= 0.6 is 11.6 Å². The van der Waals surface area contributed by atoms with Crippen molar-refractivity contribution in [3.63, 3.8) is 0 Å². The molecule has 0 aliphatic carbocycles. The Kier molecular flexibility index (Phi) is 3.63. The molecule has 4 aromatic heterocycles. The second-order valence-electron chi connectivity index (χ2n) is 6.25. The van der Waals surface area contributed by atoms with Gasteiger partial charge in [-0.15, -0.1) is 5.10 Å². The lowest BCUT2D eigenvalue weighted by molar-refractivity contribution is -0.157. The fraction of sp³-hybridized carbons (Fsp3) is 0.250. The fourth-order valence-corrected chi connectivity index (χ4v) is 3.58. The van der Waals surface area contributed by atoms with Gasteiger partial charge < -0.3 is 14.3 Å². The van der Waals surface area contributed by atoms with Gasteiger partial charge >= 0.3 is 18.1 Å². The normalized spacial score (nSPS) is 17.3. The first kappa shape index (κ1) is 17.0. The van der Waals surface area contributed by atoms with Crippen LogP contribution in [0.4, 0.5) is 19.2 Å². The molecule has 0 saturated carbocycles. The van der Waals surface area contributed by atoms with E-state index in [1.54, 1.807) is 40.1 Å². The van der Waals surface area contributed by atoms with E-state index in [9.17, 15) is 13.2 Å². The molecule has 0 aromatic carbocycles. The summed E-state index contributed by atoms with van der Waals surface area (Å²) in [6.45, 7) is 0.348. The zero-order valence-corrected chi connectivity index (χ0v) is 14.7.